The summed E-state index contributed by atoms with van der Waals surface area (Å²) >= 11 is 0. The fourth-order valence-corrected chi connectivity index (χ4v) is 9.16. The maximum absolute atomic E-state index is 13.7. The number of sulfonamides is 3. The van der Waals surface area contributed by atoms with Crippen LogP contribution in [0.5, 0.6) is 0 Å². The Labute approximate surface area is 244 Å². The molecular weight excluding hydrogens is 583 g/mol. The van der Waals surface area contributed by atoms with Crippen molar-refractivity contribution in [1.29, 1.82) is 0 Å². The molecule has 0 bridgehead atoms. The summed E-state index contributed by atoms with van der Waals surface area (Å²) in [5.41, 5.74) is 2.75. The largest absolute Gasteiger partial charge is 0.243 e. The SMILES string of the molecule is Cc1ccc(S(=O)(=O)N2CCCN(S(=O)(=O)c3ccc(C)cc3)CCN(S(=O)(=O)c3ccc(C)cc3)CCC2)cc1. The fourth-order valence-electron chi connectivity index (χ4n) is 4.70. The second-order valence-electron chi connectivity index (χ2n) is 10.4. The fraction of sp³-hybridized carbons (Fsp3) is 0.379. The summed E-state index contributed by atoms with van der Waals surface area (Å²) in [6.45, 7) is 5.74. The monoisotopic (exact) mass is 619 g/mol. The molecule has 0 unspecified atom stereocenters. The molecular formula is C29H37N3O6S3. The smallest absolute Gasteiger partial charge is 0.207 e. The molecule has 0 atom stereocenters. The normalized spacial score (nSPS) is 17.6. The lowest BCUT2D eigenvalue weighted by Gasteiger charge is -2.26. The maximum atomic E-state index is 13.7. The Kier molecular flexibility index (Phi) is 9.72. The topological polar surface area (TPSA) is 112 Å². The van der Waals surface area contributed by atoms with Crippen molar-refractivity contribution in [2.45, 2.75) is 48.3 Å². The number of aryl methyl sites for hydroxylation is 3. The quantitative estimate of drug-likeness (QED) is 0.415. The molecule has 1 aliphatic rings. The minimum atomic E-state index is -3.96. The van der Waals surface area contributed by atoms with E-state index in [-0.39, 0.29) is 66.8 Å². The van der Waals surface area contributed by atoms with Crippen LogP contribution in [0.15, 0.2) is 87.5 Å². The van der Waals surface area contributed by atoms with Gasteiger partial charge >= 0.3 is 0 Å². The predicted octanol–water partition coefficient (Wildman–Crippen LogP) is 3.78. The van der Waals surface area contributed by atoms with Gasteiger partial charge in [0.15, 0.2) is 0 Å². The lowest BCUT2D eigenvalue weighted by molar-refractivity contribution is 0.345. The molecule has 0 N–H and O–H groups in total. The van der Waals surface area contributed by atoms with Crippen LogP contribution in [0.25, 0.3) is 0 Å². The third kappa shape index (κ3) is 7.25. The second-order valence-corrected chi connectivity index (χ2v) is 16.2. The number of hydrogen-bond acceptors (Lipinski definition) is 6. The minimum absolute atomic E-state index is 0.0363. The maximum Gasteiger partial charge on any atom is 0.243 e. The van der Waals surface area contributed by atoms with Crippen LogP contribution in [0.2, 0.25) is 0 Å². The van der Waals surface area contributed by atoms with Crippen LogP contribution in [-0.2, 0) is 30.1 Å². The summed E-state index contributed by atoms with van der Waals surface area (Å²) in [6, 6.07) is 19.5. The van der Waals surface area contributed by atoms with Crippen molar-refractivity contribution in [1.82, 2.24) is 12.9 Å². The Morgan fingerprint density at radius 3 is 0.854 bits per heavy atom. The van der Waals surface area contributed by atoms with Gasteiger partial charge in [-0.3, -0.25) is 0 Å². The Morgan fingerprint density at radius 1 is 0.390 bits per heavy atom. The lowest BCUT2D eigenvalue weighted by Crippen LogP contribution is -2.41. The third-order valence-corrected chi connectivity index (χ3v) is 12.9. The standard InChI is InChI=1S/C29H37N3O6S3/c1-24-6-12-27(13-7-24)39(33,34)30-18-4-20-31(40(35,36)28-14-8-25(2)9-15-28)22-23-32(21-5-19-30)41(37,38)29-16-10-26(3)11-17-29/h6-17H,4-5,18-23H2,1-3H3. The summed E-state index contributed by atoms with van der Waals surface area (Å²) < 4.78 is 85.7. The van der Waals surface area contributed by atoms with Crippen LogP contribution in [0.4, 0.5) is 0 Å². The van der Waals surface area contributed by atoms with E-state index in [2.05, 4.69) is 0 Å². The Morgan fingerprint density at radius 2 is 0.610 bits per heavy atom. The van der Waals surface area contributed by atoms with Crippen molar-refractivity contribution in [3.05, 3.63) is 89.5 Å². The van der Waals surface area contributed by atoms with E-state index in [4.69, 9.17) is 0 Å². The predicted molar refractivity (Wildman–Crippen MR) is 159 cm³/mol. The molecule has 9 nitrogen and oxygen atoms in total. The molecule has 12 heteroatoms. The average molecular weight is 620 g/mol. The summed E-state index contributed by atoms with van der Waals surface area (Å²) in [7, 11) is -11.8. The van der Waals surface area contributed by atoms with Gasteiger partial charge in [0.1, 0.15) is 0 Å². The molecule has 0 saturated carbocycles. The van der Waals surface area contributed by atoms with E-state index in [1.807, 2.05) is 20.8 Å². The lowest BCUT2D eigenvalue weighted by atomic mass is 10.2. The van der Waals surface area contributed by atoms with Crippen molar-refractivity contribution in [3.8, 4) is 0 Å². The van der Waals surface area contributed by atoms with E-state index >= 15 is 0 Å². The second kappa shape index (κ2) is 12.7. The van der Waals surface area contributed by atoms with Gasteiger partial charge in [0, 0.05) is 39.3 Å². The van der Waals surface area contributed by atoms with Crippen molar-refractivity contribution < 1.29 is 25.3 Å². The molecule has 3 aromatic rings. The van der Waals surface area contributed by atoms with Crippen LogP contribution in [-0.4, -0.2) is 77.4 Å². The van der Waals surface area contributed by atoms with Gasteiger partial charge in [-0.15, -0.1) is 0 Å². The van der Waals surface area contributed by atoms with E-state index < -0.39 is 30.1 Å². The van der Waals surface area contributed by atoms with Gasteiger partial charge in [-0.05, 0) is 70.0 Å². The first-order valence-electron chi connectivity index (χ1n) is 13.5. The molecule has 222 valence electrons. The van der Waals surface area contributed by atoms with Crippen molar-refractivity contribution in [2.24, 2.45) is 0 Å². The van der Waals surface area contributed by atoms with Crippen LogP contribution in [0.1, 0.15) is 29.5 Å². The molecule has 1 aliphatic heterocycles. The van der Waals surface area contributed by atoms with Crippen LogP contribution < -0.4 is 0 Å². The minimum Gasteiger partial charge on any atom is -0.207 e. The molecule has 1 saturated heterocycles. The first-order chi connectivity index (χ1) is 19.3. The van der Waals surface area contributed by atoms with Gasteiger partial charge in [-0.1, -0.05) is 53.1 Å². The highest BCUT2D eigenvalue weighted by Crippen LogP contribution is 2.23. The van der Waals surface area contributed by atoms with Gasteiger partial charge in [-0.2, -0.15) is 12.9 Å². The molecule has 1 heterocycles. The highest BCUT2D eigenvalue weighted by Gasteiger charge is 2.31. The zero-order valence-corrected chi connectivity index (χ0v) is 26.1. The Hall–Kier alpha value is -2.61. The molecule has 1 fully saturated rings. The van der Waals surface area contributed by atoms with Gasteiger partial charge in [-0.25, -0.2) is 25.3 Å². The van der Waals surface area contributed by atoms with E-state index in [1.165, 1.54) is 37.2 Å². The number of rotatable bonds is 6. The van der Waals surface area contributed by atoms with Crippen molar-refractivity contribution in [2.75, 3.05) is 39.3 Å². The zero-order valence-electron chi connectivity index (χ0n) is 23.6. The summed E-state index contributed by atoms with van der Waals surface area (Å²) in [6.07, 6.45) is 0.502. The van der Waals surface area contributed by atoms with Gasteiger partial charge < -0.3 is 0 Å². The van der Waals surface area contributed by atoms with E-state index in [1.54, 1.807) is 48.5 Å². The van der Waals surface area contributed by atoms with E-state index in [0.717, 1.165) is 16.7 Å². The van der Waals surface area contributed by atoms with Gasteiger partial charge in [0.25, 0.3) is 0 Å². The first kappa shape index (κ1) is 31.3. The Bertz CT molecular complexity index is 1570. The van der Waals surface area contributed by atoms with Gasteiger partial charge in [0.2, 0.25) is 30.1 Å². The molecule has 0 aliphatic carbocycles. The van der Waals surface area contributed by atoms with Crippen molar-refractivity contribution in [3.63, 3.8) is 0 Å². The van der Waals surface area contributed by atoms with Crippen LogP contribution in [0, 0.1) is 20.8 Å². The molecule has 41 heavy (non-hydrogen) atoms. The number of hydrogen-bond donors (Lipinski definition) is 0. The molecule has 0 radical (unpaired) electrons. The molecule has 3 aromatic carbocycles. The highest BCUT2D eigenvalue weighted by molar-refractivity contribution is 7.89. The molecule has 0 aromatic heterocycles. The summed E-state index contributed by atoms with van der Waals surface area (Å²) in [5, 5.41) is 0. The molecule has 4 rings (SSSR count). The summed E-state index contributed by atoms with van der Waals surface area (Å²) in [4.78, 5) is 0.358. The van der Waals surface area contributed by atoms with E-state index in [9.17, 15) is 25.3 Å². The third-order valence-electron chi connectivity index (χ3n) is 7.21. The number of benzene rings is 3. The number of nitrogens with zero attached hydrogens (tertiary/aromatic N) is 3. The zero-order chi connectivity index (χ0) is 29.8. The summed E-state index contributed by atoms with van der Waals surface area (Å²) in [5.74, 6) is 0. The van der Waals surface area contributed by atoms with Crippen LogP contribution >= 0.6 is 0 Å². The highest BCUT2D eigenvalue weighted by atomic mass is 32.2. The van der Waals surface area contributed by atoms with Gasteiger partial charge in [0.05, 0.1) is 14.7 Å². The Balaban J connectivity index is 1.69. The van der Waals surface area contributed by atoms with E-state index in [0.29, 0.717) is 0 Å². The molecule has 0 amide bonds. The first-order valence-corrected chi connectivity index (χ1v) is 17.8. The average Bonchev–Trinajstić information content (AvgIpc) is 2.98. The molecule has 0 spiro atoms. The van der Waals surface area contributed by atoms with Crippen molar-refractivity contribution >= 4 is 30.1 Å². The van der Waals surface area contributed by atoms with Crippen LogP contribution in [0.3, 0.4) is 0 Å².